The Morgan fingerprint density at radius 1 is 1.39 bits per heavy atom. The van der Waals surface area contributed by atoms with Crippen LogP contribution in [0.2, 0.25) is 0 Å². The van der Waals surface area contributed by atoms with E-state index in [0.717, 1.165) is 34.9 Å². The van der Waals surface area contributed by atoms with Crippen molar-refractivity contribution in [1.82, 2.24) is 19.7 Å². The van der Waals surface area contributed by atoms with E-state index < -0.39 is 0 Å². The van der Waals surface area contributed by atoms with Crippen molar-refractivity contribution < 1.29 is 10.1 Å². The van der Waals surface area contributed by atoms with Crippen LogP contribution in [-0.4, -0.2) is 39.6 Å². The first kappa shape index (κ1) is 18.1. The number of aromatic nitrogens is 4. The number of rotatable bonds is 9. The Labute approximate surface area is 163 Å². The topological polar surface area (TPSA) is 105 Å². The van der Waals surface area contributed by atoms with Gasteiger partial charge in [-0.25, -0.2) is 9.67 Å². The molecule has 1 fully saturated rings. The second kappa shape index (κ2) is 8.18. The number of fused-ring (bicyclic) bond motifs is 1. The summed E-state index contributed by atoms with van der Waals surface area (Å²) in [5, 5.41) is 17.7. The molecule has 2 aromatic heterocycles. The molecule has 3 aromatic rings. The lowest BCUT2D eigenvalue weighted by Gasteiger charge is -2.09. The number of hydrogen-bond donors (Lipinski definition) is 3. The van der Waals surface area contributed by atoms with Gasteiger partial charge in [-0.3, -0.25) is 0 Å². The molecule has 0 bridgehead atoms. The molecule has 0 saturated heterocycles. The fraction of sp³-hybridized carbons (Fsp3) is 0.300. The van der Waals surface area contributed by atoms with E-state index in [1.54, 1.807) is 18.6 Å². The molecular formula is C20H24N7O+. The fourth-order valence-electron chi connectivity index (χ4n) is 2.88. The molecule has 0 spiro atoms. The highest BCUT2D eigenvalue weighted by molar-refractivity contribution is 5.80. The second-order valence-corrected chi connectivity index (χ2v) is 6.90. The normalized spacial score (nSPS) is 14.2. The molecule has 8 heteroatoms. The minimum absolute atomic E-state index is 0.437. The van der Waals surface area contributed by atoms with Gasteiger partial charge in [-0.15, -0.1) is 0 Å². The Balaban J connectivity index is 1.53. The molecule has 1 saturated carbocycles. The van der Waals surface area contributed by atoms with Crippen LogP contribution in [0, 0.1) is 11.3 Å². The largest absolute Gasteiger partial charge is 0.493 e. The molecule has 4 N–H and O–H groups in total. The predicted molar refractivity (Wildman–Crippen MR) is 107 cm³/mol. The van der Waals surface area contributed by atoms with Crippen LogP contribution in [0.25, 0.3) is 11.0 Å². The quantitative estimate of drug-likeness (QED) is 0.492. The smallest absolute Gasteiger partial charge is 0.229 e. The first-order valence-corrected chi connectivity index (χ1v) is 9.42. The van der Waals surface area contributed by atoms with Gasteiger partial charge < -0.3 is 20.8 Å². The van der Waals surface area contributed by atoms with Crippen LogP contribution in [0.15, 0.2) is 48.6 Å². The van der Waals surface area contributed by atoms with Crippen LogP contribution < -0.4 is 15.4 Å². The molecular weight excluding hydrogens is 354 g/mol. The van der Waals surface area contributed by atoms with Gasteiger partial charge in [-0.05, 0) is 36.5 Å². The van der Waals surface area contributed by atoms with Gasteiger partial charge in [0, 0.05) is 12.4 Å². The number of quaternary nitrogens is 1. The number of anilines is 1. The molecule has 144 valence electrons. The summed E-state index contributed by atoms with van der Waals surface area (Å²) in [7, 11) is 1.90. The van der Waals surface area contributed by atoms with Gasteiger partial charge in [0.05, 0.1) is 31.8 Å². The summed E-state index contributed by atoms with van der Waals surface area (Å²) in [4.78, 5) is 8.88. The van der Waals surface area contributed by atoms with Crippen molar-refractivity contribution in [2.45, 2.75) is 19.4 Å². The molecule has 0 unspecified atom stereocenters. The second-order valence-electron chi connectivity index (χ2n) is 6.90. The van der Waals surface area contributed by atoms with E-state index in [1.165, 1.54) is 19.1 Å². The lowest BCUT2D eigenvalue weighted by Crippen LogP contribution is -2.73. The van der Waals surface area contributed by atoms with E-state index in [2.05, 4.69) is 32.5 Å². The number of hydrogen-bond acceptors (Lipinski definition) is 6. The summed E-state index contributed by atoms with van der Waals surface area (Å²) in [6.45, 7) is 1.39. The molecule has 0 aliphatic heterocycles. The molecule has 4 rings (SSSR count). The zero-order chi connectivity index (χ0) is 19.3. The van der Waals surface area contributed by atoms with Crippen LogP contribution in [0.4, 0.5) is 5.95 Å². The highest BCUT2D eigenvalue weighted by Gasteiger charge is 2.21. The lowest BCUT2D eigenvalue weighted by molar-refractivity contribution is -0.556. The van der Waals surface area contributed by atoms with Crippen LogP contribution in [0.1, 0.15) is 18.4 Å². The average Bonchev–Trinajstić information content (AvgIpc) is 3.47. The molecule has 1 aromatic carbocycles. The zero-order valence-corrected chi connectivity index (χ0v) is 15.8. The molecule has 1 aliphatic carbocycles. The van der Waals surface area contributed by atoms with E-state index in [0.29, 0.717) is 18.2 Å². The van der Waals surface area contributed by atoms with Crippen LogP contribution in [0.5, 0.6) is 5.75 Å². The molecule has 0 radical (unpaired) electrons. The van der Waals surface area contributed by atoms with Crippen molar-refractivity contribution in [2.24, 2.45) is 5.92 Å². The van der Waals surface area contributed by atoms with E-state index in [-0.39, 0.29) is 0 Å². The standard InChI is InChI=1S/C20H23N7O/c1-22-11-17(8-21)25-20-23-9-16-10-24-27(19(16)26-20)12-15-3-2-4-18(7-15)28-13-14-5-6-14/h2-4,7-11,14,21-22H,5-6,12-13H2,1H3,(H,23,25,26)/p+1. The first-order valence-electron chi connectivity index (χ1n) is 9.42. The van der Waals surface area contributed by atoms with Gasteiger partial charge in [0.2, 0.25) is 5.95 Å². The monoisotopic (exact) mass is 378 g/mol. The van der Waals surface area contributed by atoms with E-state index >= 15 is 0 Å². The maximum Gasteiger partial charge on any atom is 0.229 e. The van der Waals surface area contributed by atoms with Crippen molar-refractivity contribution in [3.8, 4) is 5.75 Å². The van der Waals surface area contributed by atoms with Gasteiger partial charge >= 0.3 is 0 Å². The minimum atomic E-state index is 0.437. The van der Waals surface area contributed by atoms with Crippen LogP contribution in [0.3, 0.4) is 0 Å². The maximum atomic E-state index is 7.46. The minimum Gasteiger partial charge on any atom is -0.493 e. The van der Waals surface area contributed by atoms with E-state index in [9.17, 15) is 0 Å². The van der Waals surface area contributed by atoms with Crippen molar-refractivity contribution in [3.05, 3.63) is 54.1 Å². The number of benzene rings is 1. The Morgan fingerprint density at radius 2 is 2.29 bits per heavy atom. The van der Waals surface area contributed by atoms with Gasteiger partial charge in [0.25, 0.3) is 0 Å². The molecule has 8 nitrogen and oxygen atoms in total. The molecule has 0 atom stereocenters. The summed E-state index contributed by atoms with van der Waals surface area (Å²) in [6.07, 6.45) is 9.09. The van der Waals surface area contributed by atoms with Crippen molar-refractivity contribution in [1.29, 1.82) is 5.41 Å². The Morgan fingerprint density at radius 3 is 3.07 bits per heavy atom. The first-order chi connectivity index (χ1) is 13.7. The number of ether oxygens (including phenoxy) is 1. The number of nitrogens with one attached hydrogen (secondary N) is 2. The number of nitrogens with zero attached hydrogens (tertiary/aromatic N) is 4. The van der Waals surface area contributed by atoms with E-state index in [1.807, 2.05) is 29.2 Å². The third kappa shape index (κ3) is 4.34. The molecule has 2 heterocycles. The third-order valence-electron chi connectivity index (χ3n) is 4.55. The SMILES string of the molecule is C[NH2+]C=C(C=N)Nc1ncc2cnn(Cc3cccc(OCC4CC4)c3)c2n1. The van der Waals surface area contributed by atoms with Crippen molar-refractivity contribution in [2.75, 3.05) is 19.0 Å². The Kier molecular flexibility index (Phi) is 5.29. The molecule has 1 aliphatic rings. The van der Waals surface area contributed by atoms with E-state index in [4.69, 9.17) is 10.1 Å². The Hall–Kier alpha value is -3.26. The average molecular weight is 378 g/mol. The summed E-state index contributed by atoms with van der Waals surface area (Å²) in [5.41, 5.74) is 2.46. The predicted octanol–water partition coefficient (Wildman–Crippen LogP) is 1.76. The van der Waals surface area contributed by atoms with Crippen LogP contribution >= 0.6 is 0 Å². The Bertz CT molecular complexity index is 1010. The molecule has 0 amide bonds. The summed E-state index contributed by atoms with van der Waals surface area (Å²) < 4.78 is 7.73. The fourth-order valence-corrected chi connectivity index (χ4v) is 2.88. The van der Waals surface area contributed by atoms with Gasteiger partial charge in [0.15, 0.2) is 5.65 Å². The summed E-state index contributed by atoms with van der Waals surface area (Å²) >= 11 is 0. The maximum absolute atomic E-state index is 7.46. The number of nitrogens with two attached hydrogens (primary N) is 1. The number of allylic oxidation sites excluding steroid dienone is 1. The lowest BCUT2D eigenvalue weighted by atomic mass is 10.2. The van der Waals surface area contributed by atoms with Gasteiger partial charge in [-0.2, -0.15) is 10.1 Å². The van der Waals surface area contributed by atoms with Gasteiger partial charge in [-0.1, -0.05) is 12.1 Å². The van der Waals surface area contributed by atoms with Crippen LogP contribution in [-0.2, 0) is 6.54 Å². The van der Waals surface area contributed by atoms with Gasteiger partial charge in [0.1, 0.15) is 17.6 Å². The third-order valence-corrected chi connectivity index (χ3v) is 4.55. The highest BCUT2D eigenvalue weighted by atomic mass is 16.5. The molecule has 28 heavy (non-hydrogen) atoms. The highest BCUT2D eigenvalue weighted by Crippen LogP contribution is 2.29. The van der Waals surface area contributed by atoms with Crippen molar-refractivity contribution in [3.63, 3.8) is 0 Å². The zero-order valence-electron chi connectivity index (χ0n) is 15.8. The summed E-state index contributed by atoms with van der Waals surface area (Å²) in [5.74, 6) is 2.06. The summed E-state index contributed by atoms with van der Waals surface area (Å²) in [6, 6.07) is 8.12. The van der Waals surface area contributed by atoms with Crippen molar-refractivity contribution >= 4 is 23.2 Å².